The number of aryl methyl sites for hydroxylation is 1. The smallest absolute Gasteiger partial charge is 0.282 e. The van der Waals surface area contributed by atoms with Crippen LogP contribution in [0.4, 0.5) is 5.69 Å². The van der Waals surface area contributed by atoms with Gasteiger partial charge in [-0.15, -0.1) is 0 Å². The highest BCUT2D eigenvalue weighted by molar-refractivity contribution is 6.45. The van der Waals surface area contributed by atoms with Gasteiger partial charge in [-0.2, -0.15) is 0 Å². The van der Waals surface area contributed by atoms with Gasteiger partial charge in [-0.25, -0.2) is 4.90 Å². The number of methoxy groups -OCH3 is 1. The van der Waals surface area contributed by atoms with E-state index in [1.54, 1.807) is 7.11 Å². The molecule has 3 aromatic rings. The van der Waals surface area contributed by atoms with Crippen LogP contribution in [0.2, 0.25) is 0 Å². The molecule has 0 radical (unpaired) electrons. The van der Waals surface area contributed by atoms with Crippen LogP contribution in [0.5, 0.6) is 5.75 Å². The number of amides is 2. The zero-order chi connectivity index (χ0) is 22.7. The molecular formula is C27H26N2O3. The molecule has 0 atom stereocenters. The van der Waals surface area contributed by atoms with Gasteiger partial charge >= 0.3 is 0 Å². The summed E-state index contributed by atoms with van der Waals surface area (Å²) in [6.07, 6.45) is 0. The molecule has 0 aromatic heterocycles. The van der Waals surface area contributed by atoms with Gasteiger partial charge in [0.2, 0.25) is 0 Å². The van der Waals surface area contributed by atoms with Crippen molar-refractivity contribution in [2.75, 3.05) is 18.6 Å². The molecule has 32 heavy (non-hydrogen) atoms. The van der Waals surface area contributed by atoms with Crippen molar-refractivity contribution < 1.29 is 14.3 Å². The van der Waals surface area contributed by atoms with Gasteiger partial charge in [0.05, 0.1) is 18.4 Å². The van der Waals surface area contributed by atoms with E-state index in [1.807, 2.05) is 97.6 Å². The van der Waals surface area contributed by atoms with Crippen molar-refractivity contribution in [2.45, 2.75) is 20.4 Å². The second-order valence-corrected chi connectivity index (χ2v) is 7.68. The zero-order valence-electron chi connectivity index (χ0n) is 18.5. The van der Waals surface area contributed by atoms with E-state index in [1.165, 1.54) is 4.90 Å². The highest BCUT2D eigenvalue weighted by Crippen LogP contribution is 2.36. The maximum Gasteiger partial charge on any atom is 0.282 e. The highest BCUT2D eigenvalue weighted by Gasteiger charge is 2.42. The lowest BCUT2D eigenvalue weighted by Gasteiger charge is -2.25. The Morgan fingerprint density at radius 2 is 1.50 bits per heavy atom. The van der Waals surface area contributed by atoms with E-state index in [0.717, 1.165) is 11.1 Å². The molecule has 0 saturated carbocycles. The summed E-state index contributed by atoms with van der Waals surface area (Å²) in [4.78, 5) is 30.7. The standard InChI is InChI=1S/C27H26N2O3/c1-4-28(18-20-11-6-5-7-12-20)25-24(21-14-16-22(32-3)17-15-21)26(30)29(27(25)31)23-13-9-8-10-19(23)2/h5-17H,4,18H2,1-3H3. The minimum absolute atomic E-state index is 0.298. The lowest BCUT2D eigenvalue weighted by Crippen LogP contribution is -2.35. The molecular weight excluding hydrogens is 400 g/mol. The summed E-state index contributed by atoms with van der Waals surface area (Å²) in [6.45, 7) is 5.02. The van der Waals surface area contributed by atoms with E-state index in [0.29, 0.717) is 41.4 Å². The van der Waals surface area contributed by atoms with Crippen LogP contribution in [-0.2, 0) is 16.1 Å². The monoisotopic (exact) mass is 426 g/mol. The number of hydrogen-bond donors (Lipinski definition) is 0. The van der Waals surface area contributed by atoms with E-state index in [-0.39, 0.29) is 11.8 Å². The molecule has 0 fully saturated rings. The summed E-state index contributed by atoms with van der Waals surface area (Å²) in [5.74, 6) is 0.0870. The van der Waals surface area contributed by atoms with Crippen LogP contribution in [-0.4, -0.2) is 30.4 Å². The summed E-state index contributed by atoms with van der Waals surface area (Å²) >= 11 is 0. The summed E-state index contributed by atoms with van der Waals surface area (Å²) in [5.41, 5.74) is 4.09. The molecule has 162 valence electrons. The SMILES string of the molecule is CCN(Cc1ccccc1)C1=C(c2ccc(OC)cc2)C(=O)N(c2ccccc2C)C1=O. The molecule has 0 spiro atoms. The van der Waals surface area contributed by atoms with Crippen molar-refractivity contribution in [1.82, 2.24) is 4.90 Å². The Kier molecular flexibility index (Phi) is 6.08. The number of imide groups is 1. The Morgan fingerprint density at radius 1 is 0.844 bits per heavy atom. The average molecular weight is 427 g/mol. The Balaban J connectivity index is 1.84. The Bertz CT molecular complexity index is 1170. The number of nitrogens with zero attached hydrogens (tertiary/aromatic N) is 2. The van der Waals surface area contributed by atoms with Crippen molar-refractivity contribution in [3.05, 3.63) is 101 Å². The Morgan fingerprint density at radius 3 is 2.12 bits per heavy atom. The summed E-state index contributed by atoms with van der Waals surface area (Å²) < 4.78 is 5.27. The van der Waals surface area contributed by atoms with E-state index < -0.39 is 0 Å². The summed E-state index contributed by atoms with van der Waals surface area (Å²) in [6, 6.07) is 24.7. The first-order chi connectivity index (χ1) is 15.5. The minimum atomic E-state index is -0.309. The molecule has 1 heterocycles. The van der Waals surface area contributed by atoms with Gasteiger partial charge in [-0.05, 0) is 48.7 Å². The van der Waals surface area contributed by atoms with Crippen LogP contribution in [0, 0.1) is 6.92 Å². The van der Waals surface area contributed by atoms with Crippen molar-refractivity contribution in [1.29, 1.82) is 0 Å². The third kappa shape index (κ3) is 3.89. The summed E-state index contributed by atoms with van der Waals surface area (Å²) in [5, 5.41) is 0. The number of carbonyl (C=O) groups excluding carboxylic acids is 2. The fourth-order valence-corrected chi connectivity index (χ4v) is 4.02. The van der Waals surface area contributed by atoms with Crippen LogP contribution >= 0.6 is 0 Å². The molecule has 3 aromatic carbocycles. The Hall–Kier alpha value is -3.86. The van der Waals surface area contributed by atoms with E-state index >= 15 is 0 Å². The molecule has 0 saturated heterocycles. The van der Waals surface area contributed by atoms with Crippen LogP contribution < -0.4 is 9.64 Å². The van der Waals surface area contributed by atoms with Crippen molar-refractivity contribution in [2.24, 2.45) is 0 Å². The number of rotatable bonds is 7. The quantitative estimate of drug-likeness (QED) is 0.509. The maximum atomic E-state index is 13.7. The normalized spacial score (nSPS) is 13.7. The van der Waals surface area contributed by atoms with E-state index in [9.17, 15) is 9.59 Å². The van der Waals surface area contributed by atoms with Gasteiger partial charge in [0, 0.05) is 13.1 Å². The van der Waals surface area contributed by atoms with Crippen LogP contribution in [0.3, 0.4) is 0 Å². The van der Waals surface area contributed by atoms with Crippen LogP contribution in [0.25, 0.3) is 5.57 Å². The predicted molar refractivity (Wildman–Crippen MR) is 126 cm³/mol. The van der Waals surface area contributed by atoms with Gasteiger partial charge in [0.1, 0.15) is 11.4 Å². The number of benzene rings is 3. The first kappa shape index (κ1) is 21.4. The Labute approximate surface area is 188 Å². The van der Waals surface area contributed by atoms with Gasteiger partial charge in [-0.3, -0.25) is 9.59 Å². The molecule has 0 aliphatic carbocycles. The average Bonchev–Trinajstić information content (AvgIpc) is 3.08. The summed E-state index contributed by atoms with van der Waals surface area (Å²) in [7, 11) is 1.60. The largest absolute Gasteiger partial charge is 0.497 e. The molecule has 2 amide bonds. The van der Waals surface area contributed by atoms with Gasteiger partial charge < -0.3 is 9.64 Å². The number of anilines is 1. The molecule has 1 aliphatic heterocycles. The second kappa shape index (κ2) is 9.10. The molecule has 0 unspecified atom stereocenters. The third-order valence-corrected chi connectivity index (χ3v) is 5.71. The zero-order valence-corrected chi connectivity index (χ0v) is 18.5. The number of likely N-dealkylation sites (N-methyl/N-ethyl adjacent to an activating group) is 1. The molecule has 5 heteroatoms. The minimum Gasteiger partial charge on any atom is -0.497 e. The molecule has 1 aliphatic rings. The van der Waals surface area contributed by atoms with Crippen molar-refractivity contribution in [3.8, 4) is 5.75 Å². The topological polar surface area (TPSA) is 49.9 Å². The second-order valence-electron chi connectivity index (χ2n) is 7.68. The lowest BCUT2D eigenvalue weighted by atomic mass is 10.0. The van der Waals surface area contributed by atoms with E-state index in [2.05, 4.69) is 0 Å². The third-order valence-electron chi connectivity index (χ3n) is 5.71. The van der Waals surface area contributed by atoms with Crippen molar-refractivity contribution >= 4 is 23.1 Å². The van der Waals surface area contributed by atoms with Crippen molar-refractivity contribution in [3.63, 3.8) is 0 Å². The fraction of sp³-hybridized carbons (Fsp3) is 0.185. The number of hydrogen-bond acceptors (Lipinski definition) is 4. The maximum absolute atomic E-state index is 13.7. The number of para-hydroxylation sites is 1. The predicted octanol–water partition coefficient (Wildman–Crippen LogP) is 4.81. The lowest BCUT2D eigenvalue weighted by molar-refractivity contribution is -0.120. The number of ether oxygens (including phenoxy) is 1. The fourth-order valence-electron chi connectivity index (χ4n) is 4.02. The van der Waals surface area contributed by atoms with Crippen LogP contribution in [0.1, 0.15) is 23.6 Å². The molecule has 4 rings (SSSR count). The first-order valence-electron chi connectivity index (χ1n) is 10.7. The highest BCUT2D eigenvalue weighted by atomic mass is 16.5. The van der Waals surface area contributed by atoms with E-state index in [4.69, 9.17) is 4.74 Å². The first-order valence-corrected chi connectivity index (χ1v) is 10.7. The van der Waals surface area contributed by atoms with Crippen LogP contribution in [0.15, 0.2) is 84.6 Å². The number of carbonyl (C=O) groups is 2. The van der Waals surface area contributed by atoms with Gasteiger partial charge in [-0.1, -0.05) is 60.7 Å². The molecule has 5 nitrogen and oxygen atoms in total. The molecule has 0 bridgehead atoms. The molecule has 0 N–H and O–H groups in total. The van der Waals surface area contributed by atoms with Gasteiger partial charge in [0.15, 0.2) is 0 Å². The van der Waals surface area contributed by atoms with Gasteiger partial charge in [0.25, 0.3) is 11.8 Å².